The van der Waals surface area contributed by atoms with Crippen LogP contribution in [0.3, 0.4) is 0 Å². The first-order valence-electron chi connectivity index (χ1n) is 6.21. The van der Waals surface area contributed by atoms with Crippen LogP contribution in [0.15, 0.2) is 0 Å². The van der Waals surface area contributed by atoms with E-state index in [2.05, 4.69) is 6.92 Å². The molecule has 0 unspecified atom stereocenters. The Kier molecular flexibility index (Phi) is 20.7. The zero-order valence-electron chi connectivity index (χ0n) is 9.86. The van der Waals surface area contributed by atoms with Gasteiger partial charge in [0.05, 0.1) is 0 Å². The smallest absolute Gasteiger partial charge is 1.00 e. The van der Waals surface area contributed by atoms with Crippen LogP contribution in [0.5, 0.6) is 0 Å². The fraction of sp³-hybridized carbons (Fsp3) is 1.00. The molecule has 2 heteroatoms. The van der Waals surface area contributed by atoms with Crippen LogP contribution in [0.1, 0.15) is 71.1 Å². The molecule has 14 heavy (non-hydrogen) atoms. The second-order valence-corrected chi connectivity index (χ2v) is 5.52. The average Bonchev–Trinajstić information content (AvgIpc) is 2.16. The summed E-state index contributed by atoms with van der Waals surface area (Å²) in [4.78, 5) is 0. The Hall–Kier alpha value is 1.10. The van der Waals surface area contributed by atoms with Gasteiger partial charge in [0.15, 0.2) is 0 Å². The summed E-state index contributed by atoms with van der Waals surface area (Å²) in [5.41, 5.74) is 0. The van der Waals surface area contributed by atoms with E-state index in [0.717, 1.165) is 0 Å². The Morgan fingerprint density at radius 1 is 0.643 bits per heavy atom. The van der Waals surface area contributed by atoms with Gasteiger partial charge < -0.3 is 17.0 Å². The molecule has 0 spiro atoms. The quantitative estimate of drug-likeness (QED) is 0.427. The van der Waals surface area contributed by atoms with Crippen molar-refractivity contribution in [3.63, 3.8) is 0 Å². The van der Waals surface area contributed by atoms with Crippen molar-refractivity contribution in [3.05, 3.63) is 0 Å². The molecule has 0 saturated carbocycles. The van der Waals surface area contributed by atoms with Crippen molar-refractivity contribution in [2.45, 2.75) is 76.1 Å². The van der Waals surface area contributed by atoms with Gasteiger partial charge in [0.1, 0.15) is 0 Å². The Balaban J connectivity index is 0. The van der Waals surface area contributed by atoms with Crippen LogP contribution in [0, 0.1) is 0 Å². The summed E-state index contributed by atoms with van der Waals surface area (Å²) in [7, 11) is 0. The van der Waals surface area contributed by atoms with Gasteiger partial charge in [0, 0.05) is 0 Å². The molecule has 0 atom stereocenters. The Morgan fingerprint density at radius 3 is 1.36 bits per heavy atom. The van der Waals surface area contributed by atoms with Crippen LogP contribution in [0.2, 0.25) is 5.02 Å². The molecule has 0 amide bonds. The van der Waals surface area contributed by atoms with Gasteiger partial charge in [-0.25, -0.2) is 0 Å². The maximum atomic E-state index is 2.29. The number of rotatable bonds is 10. The second-order valence-electron chi connectivity index (χ2n) is 4.04. The molecule has 0 heterocycles. The van der Waals surface area contributed by atoms with Crippen molar-refractivity contribution in [2.75, 3.05) is 0 Å². The minimum absolute atomic E-state index is 0. The normalized spacial score (nSPS) is 9.93. The molecule has 0 aromatic heterocycles. The van der Waals surface area contributed by atoms with Crippen LogP contribution in [0.25, 0.3) is 0 Å². The van der Waals surface area contributed by atoms with E-state index in [9.17, 15) is 0 Å². The van der Waals surface area contributed by atoms with Gasteiger partial charge in [0.2, 0.25) is 0 Å². The van der Waals surface area contributed by atoms with Crippen molar-refractivity contribution < 1.29 is 35.3 Å². The minimum atomic E-state index is 0. The fourth-order valence-electron chi connectivity index (χ4n) is 1.66. The molecule has 0 aromatic carbocycles. The maximum absolute atomic E-state index is 2.29. The molecular formula is C12H25BrZn. The molecule has 0 aromatic rings. The summed E-state index contributed by atoms with van der Waals surface area (Å²) < 4.78 is 0. The van der Waals surface area contributed by atoms with Gasteiger partial charge >= 0.3 is 94.4 Å². The zero-order valence-corrected chi connectivity index (χ0v) is 14.4. The van der Waals surface area contributed by atoms with E-state index < -0.39 is 0 Å². The van der Waals surface area contributed by atoms with Crippen molar-refractivity contribution in [1.29, 1.82) is 0 Å². The molecule has 0 aliphatic rings. The molecule has 0 aliphatic heterocycles. The van der Waals surface area contributed by atoms with Gasteiger partial charge in [-0.15, -0.1) is 0 Å². The predicted molar refractivity (Wildman–Crippen MR) is 56.7 cm³/mol. The molecule has 0 bridgehead atoms. The molecule has 0 nitrogen and oxygen atoms in total. The average molecular weight is 315 g/mol. The fourth-order valence-corrected chi connectivity index (χ4v) is 2.41. The monoisotopic (exact) mass is 312 g/mol. The van der Waals surface area contributed by atoms with Crippen molar-refractivity contribution in [1.82, 2.24) is 0 Å². The molecule has 0 fully saturated rings. The number of hydrogen-bond acceptors (Lipinski definition) is 0. The van der Waals surface area contributed by atoms with E-state index in [4.69, 9.17) is 0 Å². The van der Waals surface area contributed by atoms with E-state index in [1.165, 1.54) is 87.5 Å². The van der Waals surface area contributed by atoms with E-state index in [1.54, 1.807) is 0 Å². The minimum Gasteiger partial charge on any atom is -1.00 e. The van der Waals surface area contributed by atoms with Crippen molar-refractivity contribution >= 4 is 0 Å². The number of hydrogen-bond donors (Lipinski definition) is 0. The van der Waals surface area contributed by atoms with Gasteiger partial charge in [-0.1, -0.05) is 0 Å². The predicted octanol–water partition coefficient (Wildman–Crippen LogP) is 1.88. The van der Waals surface area contributed by atoms with E-state index >= 15 is 0 Å². The van der Waals surface area contributed by atoms with Crippen LogP contribution >= 0.6 is 0 Å². The Bertz CT molecular complexity index is 76.4. The first-order chi connectivity index (χ1) is 6.41. The third-order valence-corrected chi connectivity index (χ3v) is 3.65. The molecule has 0 saturated heterocycles. The van der Waals surface area contributed by atoms with Crippen molar-refractivity contribution in [3.8, 4) is 0 Å². The molecule has 0 rings (SSSR count). The summed E-state index contributed by atoms with van der Waals surface area (Å²) in [6, 6.07) is 0. The standard InChI is InChI=1S/C12H25.BrH.Zn/c1-3-5-7-9-11-12-10-8-6-4-2;;/h1,3-12H2,2H3;1H;/q;;+1/p-1. The Morgan fingerprint density at radius 2 is 1.00 bits per heavy atom. The largest absolute Gasteiger partial charge is 1.00 e. The van der Waals surface area contributed by atoms with Crippen molar-refractivity contribution in [2.24, 2.45) is 0 Å². The van der Waals surface area contributed by atoms with Gasteiger partial charge in [-0.2, -0.15) is 0 Å². The molecule has 82 valence electrons. The van der Waals surface area contributed by atoms with E-state index in [1.807, 2.05) is 0 Å². The van der Waals surface area contributed by atoms with Crippen LogP contribution in [-0.2, 0) is 18.3 Å². The third-order valence-electron chi connectivity index (χ3n) is 2.60. The first-order valence-corrected chi connectivity index (χ1v) is 8.31. The Labute approximate surface area is 111 Å². The summed E-state index contributed by atoms with van der Waals surface area (Å²) in [6.45, 7) is 2.29. The first kappa shape index (κ1) is 17.5. The summed E-state index contributed by atoms with van der Waals surface area (Å²) >= 11 is 1.50. The summed E-state index contributed by atoms with van der Waals surface area (Å²) in [5.74, 6) is 0. The zero-order chi connectivity index (χ0) is 9.78. The maximum Gasteiger partial charge on any atom is -1.00 e. The van der Waals surface area contributed by atoms with Gasteiger partial charge in [-0.3, -0.25) is 0 Å². The van der Waals surface area contributed by atoms with Crippen LogP contribution in [-0.4, -0.2) is 0 Å². The molecule has 0 aliphatic carbocycles. The third kappa shape index (κ3) is 15.6. The summed E-state index contributed by atoms with van der Waals surface area (Å²) in [5, 5.41) is 1.50. The van der Waals surface area contributed by atoms with E-state index in [-0.39, 0.29) is 17.0 Å². The van der Waals surface area contributed by atoms with Gasteiger partial charge in [0.25, 0.3) is 0 Å². The van der Waals surface area contributed by atoms with Crippen LogP contribution < -0.4 is 17.0 Å². The SMILES string of the molecule is CCCCCCCCCCC[CH2][Zn+].[Br-]. The number of halogens is 1. The number of unbranched alkanes of at least 4 members (excludes halogenated alkanes) is 9. The molecule has 0 radical (unpaired) electrons. The summed E-state index contributed by atoms with van der Waals surface area (Å²) in [6.07, 6.45) is 14.7. The van der Waals surface area contributed by atoms with Gasteiger partial charge in [-0.05, 0) is 0 Å². The molecule has 0 N–H and O–H groups in total. The van der Waals surface area contributed by atoms with E-state index in [0.29, 0.717) is 0 Å². The molecular weight excluding hydrogens is 289 g/mol. The topological polar surface area (TPSA) is 0 Å². The second kappa shape index (κ2) is 16.5. The van der Waals surface area contributed by atoms with Crippen LogP contribution in [0.4, 0.5) is 0 Å².